The fourth-order valence-corrected chi connectivity index (χ4v) is 3.65. The van der Waals surface area contributed by atoms with Crippen molar-refractivity contribution in [1.82, 2.24) is 9.78 Å². The van der Waals surface area contributed by atoms with Crippen LogP contribution in [0.1, 0.15) is 44.7 Å². The Balaban J connectivity index is 2.21. The van der Waals surface area contributed by atoms with Crippen LogP contribution in [0.3, 0.4) is 0 Å². The van der Waals surface area contributed by atoms with Gasteiger partial charge < -0.3 is 0 Å². The van der Waals surface area contributed by atoms with Crippen molar-refractivity contribution in [2.24, 2.45) is 0 Å². The van der Waals surface area contributed by atoms with Crippen LogP contribution in [0.4, 0.5) is 5.82 Å². The minimum absolute atomic E-state index is 0.0766. The first-order valence-corrected chi connectivity index (χ1v) is 9.33. The van der Waals surface area contributed by atoms with E-state index in [-0.39, 0.29) is 28.6 Å². The molecular weight excluding hydrogens is 324 g/mol. The third-order valence-corrected chi connectivity index (χ3v) is 5.06. The highest BCUT2D eigenvalue weighted by Gasteiger charge is 2.23. The fraction of sp³-hybridized carbons (Fsp3) is 0.412. The summed E-state index contributed by atoms with van der Waals surface area (Å²) in [4.78, 5) is 0. The lowest BCUT2D eigenvalue weighted by Crippen LogP contribution is -2.24. The molecule has 1 N–H and O–H groups in total. The summed E-state index contributed by atoms with van der Waals surface area (Å²) in [7, 11) is -3.62. The lowest BCUT2D eigenvalue weighted by molar-refractivity contribution is 0.356. The number of anilines is 1. The van der Waals surface area contributed by atoms with Gasteiger partial charge in [-0.1, -0.05) is 37.3 Å². The molecule has 0 amide bonds. The molecule has 1 aromatic heterocycles. The number of nitrogens with one attached hydrogen (secondary N) is 1. The molecule has 1 aromatic carbocycles. The number of benzene rings is 1. The average Bonchev–Trinajstić information content (AvgIpc) is 2.90. The zero-order valence-corrected chi connectivity index (χ0v) is 15.1. The normalized spacial score (nSPS) is 13.3. The Morgan fingerprint density at radius 2 is 1.92 bits per heavy atom. The predicted molar refractivity (Wildman–Crippen MR) is 94.2 cm³/mol. The number of hydrogen-bond donors (Lipinski definition) is 1. The molecule has 0 radical (unpaired) electrons. The molecule has 0 bridgehead atoms. The van der Waals surface area contributed by atoms with Crippen LogP contribution in [0.25, 0.3) is 0 Å². The molecular formula is C17H22N4O2S. The number of rotatable bonds is 5. The van der Waals surface area contributed by atoms with Gasteiger partial charge in [-0.25, -0.2) is 8.42 Å². The molecule has 0 saturated heterocycles. The van der Waals surface area contributed by atoms with Crippen LogP contribution in [0, 0.1) is 11.3 Å². The maximum absolute atomic E-state index is 12.4. The van der Waals surface area contributed by atoms with Gasteiger partial charge in [0, 0.05) is 6.20 Å². The second-order valence-corrected chi connectivity index (χ2v) is 8.58. The minimum atomic E-state index is -3.62. The smallest absolute Gasteiger partial charge is 0.234 e. The van der Waals surface area contributed by atoms with Crippen LogP contribution in [-0.4, -0.2) is 24.0 Å². The van der Waals surface area contributed by atoms with E-state index in [1.165, 1.54) is 0 Å². The Bertz CT molecular complexity index is 843. The summed E-state index contributed by atoms with van der Waals surface area (Å²) >= 11 is 0. The molecule has 0 aliphatic carbocycles. The van der Waals surface area contributed by atoms with Crippen molar-refractivity contribution in [3.05, 3.63) is 47.7 Å². The van der Waals surface area contributed by atoms with E-state index >= 15 is 0 Å². The third kappa shape index (κ3) is 4.36. The quantitative estimate of drug-likeness (QED) is 0.901. The van der Waals surface area contributed by atoms with Crippen molar-refractivity contribution < 1.29 is 8.42 Å². The summed E-state index contributed by atoms with van der Waals surface area (Å²) in [6.45, 7) is 7.64. The molecule has 0 saturated carbocycles. The van der Waals surface area contributed by atoms with Crippen LogP contribution in [0.2, 0.25) is 0 Å². The van der Waals surface area contributed by atoms with Crippen LogP contribution < -0.4 is 4.72 Å². The van der Waals surface area contributed by atoms with Gasteiger partial charge in [0.1, 0.15) is 11.6 Å². The molecule has 128 valence electrons. The number of hydrogen-bond acceptors (Lipinski definition) is 4. The second-order valence-electron chi connectivity index (χ2n) is 6.81. The number of sulfonamides is 1. The molecule has 2 aromatic rings. The Labute approximate surface area is 143 Å². The van der Waals surface area contributed by atoms with Gasteiger partial charge in [-0.15, -0.1) is 0 Å². The van der Waals surface area contributed by atoms with Crippen LogP contribution in [0.5, 0.6) is 0 Å². The van der Waals surface area contributed by atoms with Crippen molar-refractivity contribution in [3.63, 3.8) is 0 Å². The van der Waals surface area contributed by atoms with Crippen molar-refractivity contribution in [3.8, 4) is 6.07 Å². The molecule has 0 aliphatic rings. The maximum Gasteiger partial charge on any atom is 0.234 e. The Hall–Kier alpha value is -2.33. The molecule has 24 heavy (non-hydrogen) atoms. The predicted octanol–water partition coefficient (Wildman–Crippen LogP) is 3.06. The molecule has 7 heteroatoms. The zero-order valence-electron chi connectivity index (χ0n) is 14.3. The monoisotopic (exact) mass is 346 g/mol. The van der Waals surface area contributed by atoms with Gasteiger partial charge in [0.2, 0.25) is 10.0 Å². The molecule has 2 rings (SSSR count). The van der Waals surface area contributed by atoms with Crippen LogP contribution >= 0.6 is 0 Å². The van der Waals surface area contributed by atoms with Gasteiger partial charge in [0.25, 0.3) is 0 Å². The molecule has 6 nitrogen and oxygen atoms in total. The highest BCUT2D eigenvalue weighted by Crippen LogP contribution is 2.22. The van der Waals surface area contributed by atoms with Crippen molar-refractivity contribution in [2.45, 2.75) is 39.2 Å². The summed E-state index contributed by atoms with van der Waals surface area (Å²) in [5.74, 6) is -0.170. The first kappa shape index (κ1) is 18.0. The van der Waals surface area contributed by atoms with E-state index < -0.39 is 10.0 Å². The highest BCUT2D eigenvalue weighted by atomic mass is 32.2. The molecule has 1 atom stereocenters. The Morgan fingerprint density at radius 3 is 2.46 bits per heavy atom. The third-order valence-electron chi connectivity index (χ3n) is 3.61. The first-order chi connectivity index (χ1) is 11.1. The van der Waals surface area contributed by atoms with E-state index in [4.69, 9.17) is 0 Å². The maximum atomic E-state index is 12.4. The molecule has 0 aliphatic heterocycles. The standard InChI is InChI=1S/C17H22N4O2S/c1-13(14-8-6-5-7-9-14)12-24(22,23)20-16-15(10-18)11-21(19-16)17(2,3)4/h5-9,11,13H,12H2,1-4H3,(H,19,20)/t13-/m0/s1. The van der Waals surface area contributed by atoms with Gasteiger partial charge in [-0.2, -0.15) is 10.4 Å². The van der Waals surface area contributed by atoms with E-state index in [2.05, 4.69) is 9.82 Å². The highest BCUT2D eigenvalue weighted by molar-refractivity contribution is 7.92. The SMILES string of the molecule is C[C@@H](CS(=O)(=O)Nc1nn(C(C)(C)C)cc1C#N)c1ccccc1. The number of nitrogens with zero attached hydrogens (tertiary/aromatic N) is 3. The van der Waals surface area contributed by atoms with E-state index in [0.717, 1.165) is 5.56 Å². The molecule has 1 heterocycles. The van der Waals surface area contributed by atoms with E-state index in [1.54, 1.807) is 10.9 Å². The van der Waals surface area contributed by atoms with Crippen molar-refractivity contribution in [1.29, 1.82) is 5.26 Å². The van der Waals surface area contributed by atoms with Crippen molar-refractivity contribution >= 4 is 15.8 Å². The zero-order chi connectivity index (χ0) is 18.0. The molecule has 0 fully saturated rings. The summed E-state index contributed by atoms with van der Waals surface area (Å²) in [6.07, 6.45) is 1.55. The minimum Gasteiger partial charge on any atom is -0.265 e. The molecule has 0 spiro atoms. The average molecular weight is 346 g/mol. The Morgan fingerprint density at radius 1 is 1.29 bits per heavy atom. The lowest BCUT2D eigenvalue weighted by atomic mass is 10.0. The van der Waals surface area contributed by atoms with Gasteiger partial charge in [-0.3, -0.25) is 9.40 Å². The topological polar surface area (TPSA) is 87.8 Å². The summed E-state index contributed by atoms with van der Waals surface area (Å²) in [5, 5.41) is 13.4. The van der Waals surface area contributed by atoms with Gasteiger partial charge in [-0.05, 0) is 32.3 Å². The summed E-state index contributed by atoms with van der Waals surface area (Å²) < 4.78 is 28.9. The number of aromatic nitrogens is 2. The first-order valence-electron chi connectivity index (χ1n) is 7.68. The summed E-state index contributed by atoms with van der Waals surface area (Å²) in [5.41, 5.74) is 0.816. The van der Waals surface area contributed by atoms with Gasteiger partial charge in [0.05, 0.1) is 11.3 Å². The largest absolute Gasteiger partial charge is 0.265 e. The van der Waals surface area contributed by atoms with Gasteiger partial charge >= 0.3 is 0 Å². The summed E-state index contributed by atoms with van der Waals surface area (Å²) in [6, 6.07) is 11.4. The fourth-order valence-electron chi connectivity index (χ4n) is 2.27. The van der Waals surface area contributed by atoms with Gasteiger partial charge in [0.15, 0.2) is 5.82 Å². The lowest BCUT2D eigenvalue weighted by Gasteiger charge is -2.18. The van der Waals surface area contributed by atoms with Crippen LogP contribution in [-0.2, 0) is 15.6 Å². The second kappa shape index (κ2) is 6.65. The molecule has 0 unspecified atom stereocenters. The van der Waals surface area contributed by atoms with E-state index in [9.17, 15) is 13.7 Å². The van der Waals surface area contributed by atoms with E-state index in [0.29, 0.717) is 0 Å². The van der Waals surface area contributed by atoms with Crippen LogP contribution in [0.15, 0.2) is 36.5 Å². The van der Waals surface area contributed by atoms with E-state index in [1.807, 2.05) is 64.1 Å². The van der Waals surface area contributed by atoms with Crippen molar-refractivity contribution in [2.75, 3.05) is 10.5 Å². The number of nitriles is 1. The Kier molecular flexibility index (Phi) is 4.99.